The second-order valence-corrected chi connectivity index (χ2v) is 8.32. The minimum atomic E-state index is -3.83. The van der Waals surface area contributed by atoms with Gasteiger partial charge in [0.15, 0.2) is 0 Å². The first-order chi connectivity index (χ1) is 9.73. The third-order valence-corrected chi connectivity index (χ3v) is 6.64. The van der Waals surface area contributed by atoms with Crippen molar-refractivity contribution >= 4 is 55.1 Å². The van der Waals surface area contributed by atoms with Gasteiger partial charge in [0.2, 0.25) is 10.0 Å². The molecule has 5 nitrogen and oxygen atoms in total. The van der Waals surface area contributed by atoms with Crippen LogP contribution in [0.15, 0.2) is 21.5 Å². The fourth-order valence-corrected chi connectivity index (χ4v) is 5.60. The maximum absolute atomic E-state index is 12.6. The molecule has 0 radical (unpaired) electrons. The van der Waals surface area contributed by atoms with E-state index >= 15 is 0 Å². The molecule has 0 aliphatic carbocycles. The largest absolute Gasteiger partial charge is 0.481 e. The van der Waals surface area contributed by atoms with Crippen molar-refractivity contribution in [1.29, 1.82) is 0 Å². The SMILES string of the molecule is O=C(O)C1CCN(S(=O)(=O)c2c(Cl)cc(Br)cc2Cl)CC1. The number of hydrogen-bond acceptors (Lipinski definition) is 3. The molecular weight excluding hydrogens is 405 g/mol. The first-order valence-corrected chi connectivity index (χ1v) is 9.10. The summed E-state index contributed by atoms with van der Waals surface area (Å²) in [5, 5.41) is 9.02. The van der Waals surface area contributed by atoms with E-state index < -0.39 is 21.9 Å². The number of piperidine rings is 1. The summed E-state index contributed by atoms with van der Waals surface area (Å²) in [4.78, 5) is 10.8. The lowest BCUT2D eigenvalue weighted by atomic mass is 9.99. The minimum absolute atomic E-state index is 0.0368. The standard InChI is InChI=1S/C12H12BrCl2NO4S/c13-8-5-9(14)11(10(15)6-8)21(19,20)16-3-1-7(2-4-16)12(17)18/h5-7H,1-4H2,(H,17,18). The molecule has 116 valence electrons. The molecular formula is C12H12BrCl2NO4S. The van der Waals surface area contributed by atoms with Gasteiger partial charge in [0.05, 0.1) is 16.0 Å². The summed E-state index contributed by atoms with van der Waals surface area (Å²) in [5.74, 6) is -1.40. The minimum Gasteiger partial charge on any atom is -0.481 e. The van der Waals surface area contributed by atoms with Gasteiger partial charge >= 0.3 is 5.97 Å². The van der Waals surface area contributed by atoms with E-state index in [-0.39, 0.29) is 40.9 Å². The van der Waals surface area contributed by atoms with Gasteiger partial charge in [-0.1, -0.05) is 39.1 Å². The smallest absolute Gasteiger partial charge is 0.306 e. The summed E-state index contributed by atoms with van der Waals surface area (Å²) in [6, 6.07) is 2.93. The summed E-state index contributed by atoms with van der Waals surface area (Å²) >= 11 is 15.2. The quantitative estimate of drug-likeness (QED) is 0.820. The Bertz CT molecular complexity index is 649. The van der Waals surface area contributed by atoms with Gasteiger partial charge in [0.25, 0.3) is 0 Å². The zero-order chi connectivity index (χ0) is 15.8. The first-order valence-electron chi connectivity index (χ1n) is 6.11. The molecule has 1 N–H and O–H groups in total. The Hall–Kier alpha value is -0.340. The molecule has 1 saturated heterocycles. The van der Waals surface area contributed by atoms with E-state index in [1.54, 1.807) is 0 Å². The van der Waals surface area contributed by atoms with E-state index in [1.165, 1.54) is 16.4 Å². The third kappa shape index (κ3) is 3.53. The highest BCUT2D eigenvalue weighted by Crippen LogP contribution is 2.35. The number of nitrogens with zero attached hydrogens (tertiary/aromatic N) is 1. The predicted molar refractivity (Wildman–Crippen MR) is 83.3 cm³/mol. The van der Waals surface area contributed by atoms with Crippen LogP contribution in [0.2, 0.25) is 10.0 Å². The second-order valence-electron chi connectivity index (χ2n) is 4.72. The molecule has 0 atom stereocenters. The molecule has 1 heterocycles. The van der Waals surface area contributed by atoms with Crippen LogP contribution in [0.5, 0.6) is 0 Å². The van der Waals surface area contributed by atoms with Crippen molar-refractivity contribution in [2.24, 2.45) is 5.92 Å². The number of rotatable bonds is 3. The van der Waals surface area contributed by atoms with Gasteiger partial charge in [-0.25, -0.2) is 8.42 Å². The summed E-state index contributed by atoms with van der Waals surface area (Å²) in [7, 11) is -3.83. The van der Waals surface area contributed by atoms with Gasteiger partial charge in [-0.2, -0.15) is 4.31 Å². The fourth-order valence-electron chi connectivity index (χ4n) is 2.25. The number of carboxylic acid groups (broad SMARTS) is 1. The van der Waals surface area contributed by atoms with Gasteiger partial charge in [-0.15, -0.1) is 0 Å². The normalized spacial score (nSPS) is 17.9. The lowest BCUT2D eigenvalue weighted by molar-refractivity contribution is -0.142. The van der Waals surface area contributed by atoms with Crippen LogP contribution in [0.25, 0.3) is 0 Å². The average molecular weight is 417 g/mol. The van der Waals surface area contributed by atoms with Gasteiger partial charge in [-0.3, -0.25) is 4.79 Å². The van der Waals surface area contributed by atoms with E-state index in [1.807, 2.05) is 0 Å². The Balaban J connectivity index is 2.30. The van der Waals surface area contributed by atoms with Gasteiger partial charge in [-0.05, 0) is 25.0 Å². The van der Waals surface area contributed by atoms with E-state index in [4.69, 9.17) is 28.3 Å². The lowest BCUT2D eigenvalue weighted by Crippen LogP contribution is -2.40. The summed E-state index contributed by atoms with van der Waals surface area (Å²) in [5.41, 5.74) is 0. The van der Waals surface area contributed by atoms with Crippen molar-refractivity contribution in [3.8, 4) is 0 Å². The van der Waals surface area contributed by atoms with Crippen LogP contribution in [0, 0.1) is 5.92 Å². The molecule has 9 heteroatoms. The van der Waals surface area contributed by atoms with Gasteiger partial charge < -0.3 is 5.11 Å². The third-order valence-electron chi connectivity index (χ3n) is 3.36. The monoisotopic (exact) mass is 415 g/mol. The van der Waals surface area contributed by atoms with E-state index in [2.05, 4.69) is 15.9 Å². The fraction of sp³-hybridized carbons (Fsp3) is 0.417. The molecule has 1 aromatic rings. The average Bonchev–Trinajstić information content (AvgIpc) is 2.37. The summed E-state index contributed by atoms with van der Waals surface area (Å²) in [6.45, 7) is 0.282. The maximum atomic E-state index is 12.6. The molecule has 0 aromatic heterocycles. The highest BCUT2D eigenvalue weighted by atomic mass is 79.9. The van der Waals surface area contributed by atoms with Crippen LogP contribution >= 0.6 is 39.1 Å². The van der Waals surface area contributed by atoms with Crippen molar-refractivity contribution < 1.29 is 18.3 Å². The zero-order valence-electron chi connectivity index (χ0n) is 10.7. The van der Waals surface area contributed by atoms with Crippen LogP contribution in [0.1, 0.15) is 12.8 Å². The van der Waals surface area contributed by atoms with E-state index in [9.17, 15) is 13.2 Å². The molecule has 0 amide bonds. The van der Waals surface area contributed by atoms with Gasteiger partial charge in [0, 0.05) is 17.6 Å². The lowest BCUT2D eigenvalue weighted by Gasteiger charge is -2.29. The van der Waals surface area contributed by atoms with Crippen LogP contribution in [0.3, 0.4) is 0 Å². The second kappa shape index (κ2) is 6.42. The Labute approximate surface area is 141 Å². The number of hydrogen-bond donors (Lipinski definition) is 1. The van der Waals surface area contributed by atoms with E-state index in [0.717, 1.165) is 0 Å². The number of sulfonamides is 1. The number of aliphatic carboxylic acids is 1. The Morgan fingerprint density at radius 3 is 2.14 bits per heavy atom. The molecule has 0 bridgehead atoms. The highest BCUT2D eigenvalue weighted by molar-refractivity contribution is 9.10. The van der Waals surface area contributed by atoms with Crippen LogP contribution in [-0.2, 0) is 14.8 Å². The van der Waals surface area contributed by atoms with Crippen molar-refractivity contribution in [1.82, 2.24) is 4.31 Å². The Morgan fingerprint density at radius 2 is 1.71 bits per heavy atom. The highest BCUT2D eigenvalue weighted by Gasteiger charge is 2.34. The number of halogens is 3. The molecule has 1 aromatic carbocycles. The summed E-state index contributed by atoms with van der Waals surface area (Å²) in [6.07, 6.45) is 0.556. The number of carbonyl (C=O) groups is 1. The topological polar surface area (TPSA) is 74.7 Å². The van der Waals surface area contributed by atoms with Crippen molar-refractivity contribution in [2.45, 2.75) is 17.7 Å². The Kier molecular flexibility index (Phi) is 5.20. The molecule has 1 aliphatic heterocycles. The maximum Gasteiger partial charge on any atom is 0.306 e. The molecule has 21 heavy (non-hydrogen) atoms. The van der Waals surface area contributed by atoms with Crippen molar-refractivity contribution in [3.05, 3.63) is 26.7 Å². The van der Waals surface area contributed by atoms with Crippen LogP contribution < -0.4 is 0 Å². The first kappa shape index (κ1) is 17.0. The molecule has 1 aliphatic rings. The molecule has 0 saturated carbocycles. The van der Waals surface area contributed by atoms with Crippen LogP contribution in [0.4, 0.5) is 0 Å². The number of benzene rings is 1. The molecule has 0 spiro atoms. The van der Waals surface area contributed by atoms with Gasteiger partial charge in [0.1, 0.15) is 4.90 Å². The summed E-state index contributed by atoms with van der Waals surface area (Å²) < 4.78 is 27.0. The Morgan fingerprint density at radius 1 is 1.24 bits per heavy atom. The zero-order valence-corrected chi connectivity index (χ0v) is 14.6. The number of carboxylic acids is 1. The molecule has 2 rings (SSSR count). The molecule has 0 unspecified atom stereocenters. The van der Waals surface area contributed by atoms with Crippen molar-refractivity contribution in [2.75, 3.05) is 13.1 Å². The predicted octanol–water partition coefficient (Wildman–Crippen LogP) is 3.24. The molecule has 1 fully saturated rings. The van der Waals surface area contributed by atoms with Crippen LogP contribution in [-0.4, -0.2) is 36.9 Å². The van der Waals surface area contributed by atoms with E-state index in [0.29, 0.717) is 4.47 Å². The van der Waals surface area contributed by atoms with Crippen molar-refractivity contribution in [3.63, 3.8) is 0 Å².